The largest absolute Gasteiger partial charge is 0.314 e. The summed E-state index contributed by atoms with van der Waals surface area (Å²) in [6.45, 7) is 10.1. The van der Waals surface area contributed by atoms with Gasteiger partial charge in [0.05, 0.1) is 0 Å². The molecule has 1 N–H and O–H groups in total. The maximum Gasteiger partial charge on any atom is 0.0113 e. The standard InChI is InChI=1S/C18H35N3/c1-2-10-19-18-9-5-6-16(18)15-20-11-13-21(14-12-20)17-7-3-4-8-17/h16-19H,2-15H2,1H3. The van der Waals surface area contributed by atoms with E-state index < -0.39 is 0 Å². The molecule has 0 bridgehead atoms. The van der Waals surface area contributed by atoms with Gasteiger partial charge >= 0.3 is 0 Å². The summed E-state index contributed by atoms with van der Waals surface area (Å²) in [5, 5.41) is 3.79. The van der Waals surface area contributed by atoms with Crippen LogP contribution in [0, 0.1) is 5.92 Å². The lowest BCUT2D eigenvalue weighted by molar-refractivity contribution is 0.0849. The maximum atomic E-state index is 3.79. The van der Waals surface area contributed by atoms with Crippen LogP contribution in [0.4, 0.5) is 0 Å². The van der Waals surface area contributed by atoms with Crippen LogP contribution >= 0.6 is 0 Å². The SMILES string of the molecule is CCCNC1CCCC1CN1CCN(C2CCCC2)CC1. The monoisotopic (exact) mass is 293 g/mol. The first-order valence-corrected chi connectivity index (χ1v) is 9.56. The van der Waals surface area contributed by atoms with E-state index in [2.05, 4.69) is 22.0 Å². The molecular weight excluding hydrogens is 258 g/mol. The van der Waals surface area contributed by atoms with Gasteiger partial charge in [-0.15, -0.1) is 0 Å². The predicted octanol–water partition coefficient (Wildman–Crippen LogP) is 2.71. The molecule has 3 fully saturated rings. The molecule has 2 atom stereocenters. The lowest BCUT2D eigenvalue weighted by Crippen LogP contribution is -2.51. The molecule has 3 heteroatoms. The molecule has 1 saturated heterocycles. The predicted molar refractivity (Wildman–Crippen MR) is 89.7 cm³/mol. The summed E-state index contributed by atoms with van der Waals surface area (Å²) >= 11 is 0. The molecule has 0 aromatic heterocycles. The van der Waals surface area contributed by atoms with Crippen LogP contribution in [0.1, 0.15) is 58.3 Å². The summed E-state index contributed by atoms with van der Waals surface area (Å²) in [6, 6.07) is 1.73. The fourth-order valence-electron chi connectivity index (χ4n) is 4.77. The van der Waals surface area contributed by atoms with Gasteiger partial charge in [-0.2, -0.15) is 0 Å². The van der Waals surface area contributed by atoms with E-state index in [4.69, 9.17) is 0 Å². The Morgan fingerprint density at radius 3 is 2.38 bits per heavy atom. The fraction of sp³-hybridized carbons (Fsp3) is 1.00. The molecule has 0 amide bonds. The van der Waals surface area contributed by atoms with E-state index in [1.807, 2.05) is 0 Å². The topological polar surface area (TPSA) is 18.5 Å². The van der Waals surface area contributed by atoms with Crippen LogP contribution in [0.25, 0.3) is 0 Å². The van der Waals surface area contributed by atoms with Gasteiger partial charge in [0.25, 0.3) is 0 Å². The Balaban J connectivity index is 1.40. The summed E-state index contributed by atoms with van der Waals surface area (Å²) in [4.78, 5) is 5.53. The summed E-state index contributed by atoms with van der Waals surface area (Å²) in [7, 11) is 0. The Morgan fingerprint density at radius 1 is 0.905 bits per heavy atom. The van der Waals surface area contributed by atoms with Gasteiger partial charge < -0.3 is 10.2 Å². The molecule has 2 saturated carbocycles. The average molecular weight is 293 g/mol. The van der Waals surface area contributed by atoms with Crippen molar-refractivity contribution in [3.8, 4) is 0 Å². The second-order valence-corrected chi connectivity index (χ2v) is 7.53. The molecule has 2 unspecified atom stereocenters. The summed E-state index contributed by atoms with van der Waals surface area (Å²) in [5.74, 6) is 0.912. The van der Waals surface area contributed by atoms with E-state index in [-0.39, 0.29) is 0 Å². The lowest BCUT2D eigenvalue weighted by atomic mass is 10.0. The number of nitrogens with zero attached hydrogens (tertiary/aromatic N) is 2. The zero-order valence-corrected chi connectivity index (χ0v) is 14.0. The molecule has 0 spiro atoms. The van der Waals surface area contributed by atoms with E-state index in [0.29, 0.717) is 0 Å². The van der Waals surface area contributed by atoms with Gasteiger partial charge in [0.15, 0.2) is 0 Å². The minimum atomic E-state index is 0.804. The summed E-state index contributed by atoms with van der Waals surface area (Å²) in [5.41, 5.74) is 0. The Bertz CT molecular complexity index is 293. The number of hydrogen-bond acceptors (Lipinski definition) is 3. The zero-order valence-electron chi connectivity index (χ0n) is 14.0. The molecule has 0 aromatic carbocycles. The van der Waals surface area contributed by atoms with Crippen molar-refractivity contribution in [3.63, 3.8) is 0 Å². The van der Waals surface area contributed by atoms with Crippen LogP contribution in [0.15, 0.2) is 0 Å². The second kappa shape index (κ2) is 7.94. The smallest absolute Gasteiger partial charge is 0.0113 e. The van der Waals surface area contributed by atoms with E-state index >= 15 is 0 Å². The van der Waals surface area contributed by atoms with Gasteiger partial charge in [0.1, 0.15) is 0 Å². The van der Waals surface area contributed by atoms with Gasteiger partial charge in [-0.05, 0) is 44.6 Å². The van der Waals surface area contributed by atoms with E-state index in [1.165, 1.54) is 90.6 Å². The number of rotatable bonds is 6. The third kappa shape index (κ3) is 4.20. The minimum absolute atomic E-state index is 0.804. The quantitative estimate of drug-likeness (QED) is 0.812. The van der Waals surface area contributed by atoms with Crippen LogP contribution in [0.2, 0.25) is 0 Å². The van der Waals surface area contributed by atoms with Gasteiger partial charge in [-0.3, -0.25) is 4.90 Å². The van der Waals surface area contributed by atoms with Crippen molar-refractivity contribution in [3.05, 3.63) is 0 Å². The zero-order chi connectivity index (χ0) is 14.5. The summed E-state index contributed by atoms with van der Waals surface area (Å²) in [6.07, 6.45) is 11.4. The first kappa shape index (κ1) is 15.8. The summed E-state index contributed by atoms with van der Waals surface area (Å²) < 4.78 is 0. The number of hydrogen-bond donors (Lipinski definition) is 1. The van der Waals surface area contributed by atoms with Crippen LogP contribution < -0.4 is 5.32 Å². The maximum absolute atomic E-state index is 3.79. The van der Waals surface area contributed by atoms with Crippen molar-refractivity contribution < 1.29 is 0 Å². The molecular formula is C18H35N3. The number of piperazine rings is 1. The second-order valence-electron chi connectivity index (χ2n) is 7.53. The van der Waals surface area contributed by atoms with Crippen molar-refractivity contribution in [2.24, 2.45) is 5.92 Å². The van der Waals surface area contributed by atoms with Gasteiger partial charge in [0.2, 0.25) is 0 Å². The molecule has 1 heterocycles. The van der Waals surface area contributed by atoms with E-state index in [9.17, 15) is 0 Å². The van der Waals surface area contributed by atoms with E-state index in [0.717, 1.165) is 18.0 Å². The molecule has 1 aliphatic heterocycles. The van der Waals surface area contributed by atoms with Crippen molar-refractivity contribution in [1.82, 2.24) is 15.1 Å². The van der Waals surface area contributed by atoms with Crippen LogP contribution in [0.5, 0.6) is 0 Å². The third-order valence-electron chi connectivity index (χ3n) is 6.06. The van der Waals surface area contributed by atoms with Crippen LogP contribution in [0.3, 0.4) is 0 Å². The van der Waals surface area contributed by atoms with Gasteiger partial charge in [-0.25, -0.2) is 0 Å². The first-order chi connectivity index (χ1) is 10.4. The molecule has 3 aliphatic rings. The van der Waals surface area contributed by atoms with Crippen LogP contribution in [-0.4, -0.2) is 61.2 Å². The Labute approximate surface area is 131 Å². The van der Waals surface area contributed by atoms with Crippen molar-refractivity contribution in [1.29, 1.82) is 0 Å². The highest BCUT2D eigenvalue weighted by Crippen LogP contribution is 2.28. The molecule has 122 valence electrons. The normalized spacial score (nSPS) is 33.0. The molecule has 2 aliphatic carbocycles. The molecule has 21 heavy (non-hydrogen) atoms. The molecule has 3 rings (SSSR count). The third-order valence-corrected chi connectivity index (χ3v) is 6.06. The first-order valence-electron chi connectivity index (χ1n) is 9.56. The Kier molecular flexibility index (Phi) is 5.96. The van der Waals surface area contributed by atoms with Gasteiger partial charge in [-0.1, -0.05) is 26.2 Å². The minimum Gasteiger partial charge on any atom is -0.314 e. The van der Waals surface area contributed by atoms with Crippen LogP contribution in [-0.2, 0) is 0 Å². The van der Waals surface area contributed by atoms with Crippen molar-refractivity contribution >= 4 is 0 Å². The Morgan fingerprint density at radius 2 is 1.67 bits per heavy atom. The Hall–Kier alpha value is -0.120. The average Bonchev–Trinajstić information content (AvgIpc) is 3.18. The highest BCUT2D eigenvalue weighted by Gasteiger charge is 2.31. The molecule has 0 radical (unpaired) electrons. The molecule has 3 nitrogen and oxygen atoms in total. The fourth-order valence-corrected chi connectivity index (χ4v) is 4.77. The van der Waals surface area contributed by atoms with Gasteiger partial charge in [0, 0.05) is 44.8 Å². The number of nitrogens with one attached hydrogen (secondary N) is 1. The molecule has 0 aromatic rings. The lowest BCUT2D eigenvalue weighted by Gasteiger charge is -2.39. The van der Waals surface area contributed by atoms with Crippen molar-refractivity contribution in [2.45, 2.75) is 70.4 Å². The van der Waals surface area contributed by atoms with Crippen molar-refractivity contribution in [2.75, 3.05) is 39.3 Å². The van der Waals surface area contributed by atoms with E-state index in [1.54, 1.807) is 0 Å². The highest BCUT2D eigenvalue weighted by atomic mass is 15.3. The highest BCUT2D eigenvalue weighted by molar-refractivity contribution is 4.87.